The molecule has 0 saturated carbocycles. The molecule has 1 aromatic rings. The Morgan fingerprint density at radius 3 is 2.89 bits per heavy atom. The Labute approximate surface area is 106 Å². The number of nitrogens with one attached hydrogen (secondary N) is 1. The van der Waals surface area contributed by atoms with Crippen LogP contribution in [0.3, 0.4) is 0 Å². The standard InChI is InChI=1S/C12H19N5O/c1-16-10(14-9-15-16)7-17-8-12(6-11(17)18)2-4-13-5-3-12/h9,13H,2-8H2,1H3. The summed E-state index contributed by atoms with van der Waals surface area (Å²) in [6.45, 7) is 3.53. The van der Waals surface area contributed by atoms with E-state index in [2.05, 4.69) is 15.4 Å². The highest BCUT2D eigenvalue weighted by molar-refractivity contribution is 5.79. The molecule has 2 fully saturated rings. The molecule has 2 saturated heterocycles. The average molecular weight is 249 g/mol. The van der Waals surface area contributed by atoms with Crippen molar-refractivity contribution in [3.8, 4) is 0 Å². The van der Waals surface area contributed by atoms with Crippen molar-refractivity contribution in [1.82, 2.24) is 25.0 Å². The van der Waals surface area contributed by atoms with Gasteiger partial charge in [-0.15, -0.1) is 0 Å². The van der Waals surface area contributed by atoms with Gasteiger partial charge in [0.25, 0.3) is 0 Å². The third-order valence-electron chi connectivity index (χ3n) is 4.21. The molecule has 2 aliphatic rings. The third kappa shape index (κ3) is 2.01. The molecule has 1 aromatic heterocycles. The molecule has 0 bridgehead atoms. The van der Waals surface area contributed by atoms with Crippen LogP contribution in [0.15, 0.2) is 6.33 Å². The molecule has 0 unspecified atom stereocenters. The second-order valence-corrected chi connectivity index (χ2v) is 5.48. The monoisotopic (exact) mass is 249 g/mol. The lowest BCUT2D eigenvalue weighted by Gasteiger charge is -2.33. The van der Waals surface area contributed by atoms with E-state index < -0.39 is 0 Å². The third-order valence-corrected chi connectivity index (χ3v) is 4.21. The number of aromatic nitrogens is 3. The van der Waals surface area contributed by atoms with Crippen LogP contribution in [0.1, 0.15) is 25.1 Å². The van der Waals surface area contributed by atoms with Crippen molar-refractivity contribution in [2.75, 3.05) is 19.6 Å². The largest absolute Gasteiger partial charge is 0.335 e. The highest BCUT2D eigenvalue weighted by Crippen LogP contribution is 2.39. The summed E-state index contributed by atoms with van der Waals surface area (Å²) < 4.78 is 1.74. The predicted octanol–water partition coefficient (Wildman–Crippen LogP) is -0.0828. The Balaban J connectivity index is 1.71. The van der Waals surface area contributed by atoms with Gasteiger partial charge in [0.1, 0.15) is 12.2 Å². The molecule has 98 valence electrons. The Morgan fingerprint density at radius 1 is 1.44 bits per heavy atom. The fourth-order valence-corrected chi connectivity index (χ4v) is 3.05. The number of likely N-dealkylation sites (tertiary alicyclic amines) is 1. The first-order valence-electron chi connectivity index (χ1n) is 6.50. The van der Waals surface area contributed by atoms with Gasteiger partial charge in [0.2, 0.25) is 5.91 Å². The van der Waals surface area contributed by atoms with E-state index in [0.29, 0.717) is 13.0 Å². The van der Waals surface area contributed by atoms with Gasteiger partial charge in [-0.25, -0.2) is 4.98 Å². The summed E-state index contributed by atoms with van der Waals surface area (Å²) >= 11 is 0. The number of hydrogen-bond acceptors (Lipinski definition) is 4. The highest BCUT2D eigenvalue weighted by Gasteiger charge is 2.43. The first kappa shape index (κ1) is 11.6. The van der Waals surface area contributed by atoms with E-state index in [4.69, 9.17) is 0 Å². The first-order valence-corrected chi connectivity index (χ1v) is 6.50. The van der Waals surface area contributed by atoms with Crippen LogP contribution in [0.5, 0.6) is 0 Å². The molecule has 1 N–H and O–H groups in total. The van der Waals surface area contributed by atoms with Crippen molar-refractivity contribution >= 4 is 5.91 Å². The maximum atomic E-state index is 12.1. The molecular weight excluding hydrogens is 230 g/mol. The molecule has 1 amide bonds. The van der Waals surface area contributed by atoms with Crippen molar-refractivity contribution in [2.45, 2.75) is 25.8 Å². The zero-order chi connectivity index (χ0) is 12.6. The minimum absolute atomic E-state index is 0.209. The van der Waals surface area contributed by atoms with E-state index in [1.165, 1.54) is 6.33 Å². The van der Waals surface area contributed by atoms with Gasteiger partial charge < -0.3 is 10.2 Å². The number of hydrogen-bond donors (Lipinski definition) is 1. The van der Waals surface area contributed by atoms with Gasteiger partial charge in [0.15, 0.2) is 0 Å². The molecule has 2 aliphatic heterocycles. The van der Waals surface area contributed by atoms with E-state index in [-0.39, 0.29) is 11.3 Å². The van der Waals surface area contributed by atoms with Crippen molar-refractivity contribution in [3.63, 3.8) is 0 Å². The summed E-state index contributed by atoms with van der Waals surface area (Å²) in [5.41, 5.74) is 0.209. The van der Waals surface area contributed by atoms with Gasteiger partial charge in [0, 0.05) is 20.0 Å². The lowest BCUT2D eigenvalue weighted by Crippen LogP contribution is -2.38. The van der Waals surface area contributed by atoms with Crippen LogP contribution in [0.25, 0.3) is 0 Å². The van der Waals surface area contributed by atoms with Crippen molar-refractivity contribution in [2.24, 2.45) is 12.5 Å². The van der Waals surface area contributed by atoms with E-state index >= 15 is 0 Å². The van der Waals surface area contributed by atoms with Crippen LogP contribution in [-0.2, 0) is 18.4 Å². The van der Waals surface area contributed by atoms with Crippen LogP contribution < -0.4 is 5.32 Å². The maximum Gasteiger partial charge on any atom is 0.223 e. The Morgan fingerprint density at radius 2 is 2.22 bits per heavy atom. The van der Waals surface area contributed by atoms with E-state index in [1.807, 2.05) is 11.9 Å². The fourth-order valence-electron chi connectivity index (χ4n) is 3.05. The molecule has 0 aliphatic carbocycles. The number of nitrogens with zero attached hydrogens (tertiary/aromatic N) is 4. The average Bonchev–Trinajstić information content (AvgIpc) is 2.87. The highest BCUT2D eigenvalue weighted by atomic mass is 16.2. The molecule has 18 heavy (non-hydrogen) atoms. The van der Waals surface area contributed by atoms with Gasteiger partial charge in [-0.2, -0.15) is 5.10 Å². The molecule has 1 spiro atoms. The summed E-state index contributed by atoms with van der Waals surface area (Å²) in [6.07, 6.45) is 4.45. The minimum Gasteiger partial charge on any atom is -0.335 e. The molecule has 3 heterocycles. The van der Waals surface area contributed by atoms with E-state index in [1.54, 1.807) is 4.68 Å². The van der Waals surface area contributed by atoms with Gasteiger partial charge >= 0.3 is 0 Å². The van der Waals surface area contributed by atoms with Crippen molar-refractivity contribution in [1.29, 1.82) is 0 Å². The molecule has 0 aromatic carbocycles. The summed E-state index contributed by atoms with van der Waals surface area (Å²) in [5, 5.41) is 7.41. The maximum absolute atomic E-state index is 12.1. The zero-order valence-electron chi connectivity index (χ0n) is 10.7. The van der Waals surface area contributed by atoms with Gasteiger partial charge in [-0.1, -0.05) is 0 Å². The Bertz CT molecular complexity index is 449. The number of piperidine rings is 1. The van der Waals surface area contributed by atoms with Gasteiger partial charge in [-0.3, -0.25) is 9.48 Å². The second-order valence-electron chi connectivity index (χ2n) is 5.48. The smallest absolute Gasteiger partial charge is 0.223 e. The second kappa shape index (κ2) is 4.35. The minimum atomic E-state index is 0.209. The molecule has 6 heteroatoms. The summed E-state index contributed by atoms with van der Waals surface area (Å²) in [6, 6.07) is 0. The Hall–Kier alpha value is -1.43. The van der Waals surface area contributed by atoms with Gasteiger partial charge in [0.05, 0.1) is 6.54 Å². The van der Waals surface area contributed by atoms with Gasteiger partial charge in [-0.05, 0) is 31.3 Å². The van der Waals surface area contributed by atoms with E-state index in [0.717, 1.165) is 38.3 Å². The normalized spacial score (nSPS) is 22.9. The lowest BCUT2D eigenvalue weighted by molar-refractivity contribution is -0.128. The molecule has 6 nitrogen and oxygen atoms in total. The number of amides is 1. The number of carbonyl (C=O) groups excluding carboxylic acids is 1. The number of rotatable bonds is 2. The Kier molecular flexibility index (Phi) is 2.81. The summed E-state index contributed by atoms with van der Waals surface area (Å²) in [4.78, 5) is 18.3. The number of carbonyl (C=O) groups is 1. The topological polar surface area (TPSA) is 63.1 Å². The predicted molar refractivity (Wildman–Crippen MR) is 65.6 cm³/mol. The van der Waals surface area contributed by atoms with Crippen LogP contribution >= 0.6 is 0 Å². The summed E-state index contributed by atoms with van der Waals surface area (Å²) in [5.74, 6) is 1.12. The molecule has 0 atom stereocenters. The number of aryl methyl sites for hydroxylation is 1. The van der Waals surface area contributed by atoms with Crippen LogP contribution in [-0.4, -0.2) is 45.2 Å². The lowest BCUT2D eigenvalue weighted by atomic mass is 9.78. The molecule has 0 radical (unpaired) electrons. The van der Waals surface area contributed by atoms with Crippen molar-refractivity contribution < 1.29 is 4.79 Å². The fraction of sp³-hybridized carbons (Fsp3) is 0.750. The summed E-state index contributed by atoms with van der Waals surface area (Å²) in [7, 11) is 1.86. The molecular formula is C12H19N5O. The van der Waals surface area contributed by atoms with Crippen molar-refractivity contribution in [3.05, 3.63) is 12.2 Å². The van der Waals surface area contributed by atoms with Crippen LogP contribution in [0.4, 0.5) is 0 Å². The SMILES string of the molecule is Cn1ncnc1CN1CC2(CCNCC2)CC1=O. The first-order chi connectivity index (χ1) is 8.69. The quantitative estimate of drug-likeness (QED) is 0.796. The van der Waals surface area contributed by atoms with Crippen LogP contribution in [0.2, 0.25) is 0 Å². The van der Waals surface area contributed by atoms with Crippen LogP contribution in [0, 0.1) is 5.41 Å². The molecule has 3 rings (SSSR count). The zero-order valence-corrected chi connectivity index (χ0v) is 10.7. The van der Waals surface area contributed by atoms with E-state index in [9.17, 15) is 4.79 Å².